The Bertz CT molecular complexity index is 462. The average Bonchev–Trinajstić information content (AvgIpc) is 2.39. The lowest BCUT2D eigenvalue weighted by atomic mass is 9.83. The number of hydrogen-bond acceptors (Lipinski definition) is 4. The monoisotopic (exact) mass is 263 g/mol. The standard InChI is InChI=1S/C14H21N3O2/c1-3-11-6-4-5-7-12(11)16-14-8-10(2)13(9-15-14)17(18)19/h8-9,11-12H,3-7H2,1-2H3,(H,15,16). The van der Waals surface area contributed by atoms with E-state index in [0.29, 0.717) is 17.5 Å². The summed E-state index contributed by atoms with van der Waals surface area (Å²) in [6.45, 7) is 3.97. The first-order valence-electron chi connectivity index (χ1n) is 6.99. The fourth-order valence-electron chi connectivity index (χ4n) is 2.90. The second kappa shape index (κ2) is 5.99. The van der Waals surface area contributed by atoms with Gasteiger partial charge in [-0.2, -0.15) is 0 Å². The lowest BCUT2D eigenvalue weighted by molar-refractivity contribution is -0.385. The normalized spacial score (nSPS) is 23.1. The average molecular weight is 263 g/mol. The molecule has 0 aromatic carbocycles. The Hall–Kier alpha value is -1.65. The highest BCUT2D eigenvalue weighted by atomic mass is 16.6. The quantitative estimate of drug-likeness (QED) is 0.664. The van der Waals surface area contributed by atoms with E-state index >= 15 is 0 Å². The Kier molecular flexibility index (Phi) is 4.35. The van der Waals surface area contributed by atoms with Crippen LogP contribution < -0.4 is 5.32 Å². The summed E-state index contributed by atoms with van der Waals surface area (Å²) in [6, 6.07) is 2.23. The molecule has 0 radical (unpaired) electrons. The fourth-order valence-corrected chi connectivity index (χ4v) is 2.90. The molecular formula is C14H21N3O2. The van der Waals surface area contributed by atoms with Gasteiger partial charge in [0.2, 0.25) is 0 Å². The van der Waals surface area contributed by atoms with Gasteiger partial charge in [0.1, 0.15) is 12.0 Å². The smallest absolute Gasteiger partial charge is 0.290 e. The maximum Gasteiger partial charge on any atom is 0.290 e. The van der Waals surface area contributed by atoms with Crippen LogP contribution in [0.15, 0.2) is 12.3 Å². The molecule has 2 rings (SSSR count). The van der Waals surface area contributed by atoms with Crippen LogP contribution in [0.25, 0.3) is 0 Å². The van der Waals surface area contributed by atoms with Crippen LogP contribution in [-0.2, 0) is 0 Å². The second-order valence-electron chi connectivity index (χ2n) is 5.32. The first-order valence-corrected chi connectivity index (χ1v) is 6.99. The van der Waals surface area contributed by atoms with E-state index in [1.54, 1.807) is 13.0 Å². The largest absolute Gasteiger partial charge is 0.367 e. The number of hydrogen-bond donors (Lipinski definition) is 1. The number of rotatable bonds is 4. The summed E-state index contributed by atoms with van der Waals surface area (Å²) < 4.78 is 0. The highest BCUT2D eigenvalue weighted by molar-refractivity contribution is 5.47. The summed E-state index contributed by atoms with van der Waals surface area (Å²) in [6.07, 6.45) is 7.50. The molecule has 0 saturated heterocycles. The van der Waals surface area contributed by atoms with Gasteiger partial charge in [0.25, 0.3) is 5.69 Å². The van der Waals surface area contributed by atoms with Gasteiger partial charge in [-0.15, -0.1) is 0 Å². The number of aromatic nitrogens is 1. The minimum atomic E-state index is -0.387. The molecule has 1 saturated carbocycles. The molecule has 1 fully saturated rings. The number of nitrogens with one attached hydrogen (secondary N) is 1. The number of aryl methyl sites for hydroxylation is 1. The van der Waals surface area contributed by atoms with E-state index in [9.17, 15) is 10.1 Å². The van der Waals surface area contributed by atoms with Gasteiger partial charge in [-0.1, -0.05) is 26.2 Å². The van der Waals surface area contributed by atoms with Crippen molar-refractivity contribution in [1.82, 2.24) is 4.98 Å². The van der Waals surface area contributed by atoms with Crippen LogP contribution in [-0.4, -0.2) is 15.9 Å². The molecule has 5 nitrogen and oxygen atoms in total. The maximum atomic E-state index is 10.8. The molecule has 1 aromatic rings. The minimum Gasteiger partial charge on any atom is -0.367 e. The minimum absolute atomic E-state index is 0.0845. The summed E-state index contributed by atoms with van der Waals surface area (Å²) in [5, 5.41) is 14.2. The third kappa shape index (κ3) is 3.22. The molecule has 1 aliphatic carbocycles. The zero-order valence-corrected chi connectivity index (χ0v) is 11.6. The maximum absolute atomic E-state index is 10.8. The Labute approximate surface area is 113 Å². The Morgan fingerprint density at radius 3 is 2.84 bits per heavy atom. The number of nitro groups is 1. The van der Waals surface area contributed by atoms with Crippen molar-refractivity contribution in [3.63, 3.8) is 0 Å². The molecule has 0 amide bonds. The van der Waals surface area contributed by atoms with E-state index in [2.05, 4.69) is 17.2 Å². The summed E-state index contributed by atoms with van der Waals surface area (Å²) in [4.78, 5) is 14.6. The molecule has 0 bridgehead atoms. The van der Waals surface area contributed by atoms with Crippen molar-refractivity contribution >= 4 is 11.5 Å². The highest BCUT2D eigenvalue weighted by Gasteiger charge is 2.24. The lowest BCUT2D eigenvalue weighted by Gasteiger charge is -2.31. The van der Waals surface area contributed by atoms with Crippen LogP contribution in [0.4, 0.5) is 11.5 Å². The zero-order valence-electron chi connectivity index (χ0n) is 11.6. The van der Waals surface area contributed by atoms with Crippen LogP contribution in [0.5, 0.6) is 0 Å². The summed E-state index contributed by atoms with van der Waals surface area (Å²) in [7, 11) is 0. The third-order valence-electron chi connectivity index (χ3n) is 4.05. The first kappa shape index (κ1) is 13.8. The fraction of sp³-hybridized carbons (Fsp3) is 0.643. The van der Waals surface area contributed by atoms with Crippen LogP contribution >= 0.6 is 0 Å². The molecule has 19 heavy (non-hydrogen) atoms. The van der Waals surface area contributed by atoms with Gasteiger partial charge in [0.05, 0.1) is 4.92 Å². The van der Waals surface area contributed by atoms with Gasteiger partial charge in [-0.05, 0) is 31.7 Å². The molecule has 1 aromatic heterocycles. The topological polar surface area (TPSA) is 68.1 Å². The Morgan fingerprint density at radius 2 is 2.21 bits per heavy atom. The SMILES string of the molecule is CCC1CCCCC1Nc1cc(C)c([N+](=O)[O-])cn1. The van der Waals surface area contributed by atoms with Gasteiger partial charge < -0.3 is 5.32 Å². The van der Waals surface area contributed by atoms with Gasteiger partial charge in [-0.25, -0.2) is 4.98 Å². The summed E-state index contributed by atoms with van der Waals surface area (Å²) in [5.41, 5.74) is 0.743. The van der Waals surface area contributed by atoms with E-state index in [-0.39, 0.29) is 10.6 Å². The van der Waals surface area contributed by atoms with Crippen molar-refractivity contribution < 1.29 is 4.92 Å². The van der Waals surface area contributed by atoms with Crippen molar-refractivity contribution in [2.45, 2.75) is 52.0 Å². The van der Waals surface area contributed by atoms with Crippen molar-refractivity contribution in [3.8, 4) is 0 Å². The molecule has 0 spiro atoms. The van der Waals surface area contributed by atoms with E-state index in [1.165, 1.54) is 31.9 Å². The highest BCUT2D eigenvalue weighted by Crippen LogP contribution is 2.29. The van der Waals surface area contributed by atoms with E-state index in [0.717, 1.165) is 12.2 Å². The molecule has 1 N–H and O–H groups in total. The molecule has 2 unspecified atom stereocenters. The molecule has 104 valence electrons. The van der Waals surface area contributed by atoms with E-state index in [4.69, 9.17) is 0 Å². The van der Waals surface area contributed by atoms with Crippen molar-refractivity contribution in [3.05, 3.63) is 27.9 Å². The Balaban J connectivity index is 2.10. The molecule has 1 aliphatic rings. The number of anilines is 1. The van der Waals surface area contributed by atoms with Crippen LogP contribution in [0, 0.1) is 23.0 Å². The van der Waals surface area contributed by atoms with Crippen LogP contribution in [0.1, 0.15) is 44.6 Å². The van der Waals surface area contributed by atoms with E-state index in [1.807, 2.05) is 0 Å². The summed E-state index contributed by atoms with van der Waals surface area (Å²) in [5.74, 6) is 1.44. The number of pyridine rings is 1. The molecular weight excluding hydrogens is 242 g/mol. The van der Waals surface area contributed by atoms with E-state index < -0.39 is 0 Å². The second-order valence-corrected chi connectivity index (χ2v) is 5.32. The molecule has 2 atom stereocenters. The Morgan fingerprint density at radius 1 is 1.47 bits per heavy atom. The van der Waals surface area contributed by atoms with Gasteiger partial charge in [0, 0.05) is 11.6 Å². The van der Waals surface area contributed by atoms with Crippen molar-refractivity contribution in [2.75, 3.05) is 5.32 Å². The molecule has 5 heteroatoms. The predicted molar refractivity (Wildman–Crippen MR) is 75.3 cm³/mol. The van der Waals surface area contributed by atoms with Gasteiger partial charge in [0.15, 0.2) is 0 Å². The summed E-state index contributed by atoms with van der Waals surface area (Å²) >= 11 is 0. The van der Waals surface area contributed by atoms with Crippen LogP contribution in [0.3, 0.4) is 0 Å². The van der Waals surface area contributed by atoms with Gasteiger partial charge in [-0.3, -0.25) is 10.1 Å². The molecule has 0 aliphatic heterocycles. The molecule has 1 heterocycles. The lowest BCUT2D eigenvalue weighted by Crippen LogP contribution is -2.32. The zero-order chi connectivity index (χ0) is 13.8. The van der Waals surface area contributed by atoms with Crippen LogP contribution in [0.2, 0.25) is 0 Å². The first-order chi connectivity index (χ1) is 9.11. The third-order valence-corrected chi connectivity index (χ3v) is 4.05. The van der Waals surface area contributed by atoms with Gasteiger partial charge >= 0.3 is 0 Å². The number of nitrogens with zero attached hydrogens (tertiary/aromatic N) is 2. The van der Waals surface area contributed by atoms with Crippen molar-refractivity contribution in [1.29, 1.82) is 0 Å². The predicted octanol–water partition coefficient (Wildman–Crippen LogP) is 3.68. The van der Waals surface area contributed by atoms with Crippen molar-refractivity contribution in [2.24, 2.45) is 5.92 Å².